The third-order valence-corrected chi connectivity index (χ3v) is 2.23. The Labute approximate surface area is 92.8 Å². The van der Waals surface area contributed by atoms with Gasteiger partial charge in [-0.15, -0.1) is 12.6 Å². The van der Waals surface area contributed by atoms with E-state index < -0.39 is 0 Å². The number of hydrogen-bond acceptors (Lipinski definition) is 4. The predicted octanol–water partition coefficient (Wildman–Crippen LogP) is 2.21. The summed E-state index contributed by atoms with van der Waals surface area (Å²) in [6, 6.07) is 5.19. The first-order valence-corrected chi connectivity index (χ1v) is 4.75. The van der Waals surface area contributed by atoms with E-state index in [-0.39, 0.29) is 12.5 Å². The van der Waals surface area contributed by atoms with Gasteiger partial charge in [0.05, 0.1) is 7.11 Å². The lowest BCUT2D eigenvalue weighted by atomic mass is 10.3. The van der Waals surface area contributed by atoms with Gasteiger partial charge in [-0.05, 0) is 18.2 Å². The summed E-state index contributed by atoms with van der Waals surface area (Å²) in [5.74, 6) is -0.335. The zero-order valence-electron chi connectivity index (χ0n) is 7.58. The van der Waals surface area contributed by atoms with Gasteiger partial charge in [0.15, 0.2) is 0 Å². The Morgan fingerprint density at radius 1 is 1.64 bits per heavy atom. The number of halogens is 1. The van der Waals surface area contributed by atoms with Gasteiger partial charge in [0.2, 0.25) is 0 Å². The van der Waals surface area contributed by atoms with Crippen LogP contribution in [0, 0.1) is 0 Å². The van der Waals surface area contributed by atoms with Crippen LogP contribution in [0.2, 0.25) is 5.02 Å². The Morgan fingerprint density at radius 2 is 2.36 bits per heavy atom. The molecule has 0 aliphatic rings. The molecule has 5 heteroatoms. The molecule has 14 heavy (non-hydrogen) atoms. The third kappa shape index (κ3) is 3.12. The molecule has 1 aromatic carbocycles. The van der Waals surface area contributed by atoms with Crippen molar-refractivity contribution in [2.75, 3.05) is 19.0 Å². The summed E-state index contributed by atoms with van der Waals surface area (Å²) in [7, 11) is 1.34. The average Bonchev–Trinajstić information content (AvgIpc) is 2.19. The van der Waals surface area contributed by atoms with Crippen molar-refractivity contribution in [2.24, 2.45) is 0 Å². The Kier molecular flexibility index (Phi) is 4.10. The highest BCUT2D eigenvalue weighted by Crippen LogP contribution is 2.23. The maximum Gasteiger partial charge on any atom is 0.325 e. The van der Waals surface area contributed by atoms with E-state index in [1.54, 1.807) is 18.2 Å². The summed E-state index contributed by atoms with van der Waals surface area (Å²) in [6.45, 7) is 0.102. The molecule has 76 valence electrons. The molecule has 0 radical (unpaired) electrons. The zero-order valence-corrected chi connectivity index (χ0v) is 9.23. The Hall–Kier alpha value is -0.870. The van der Waals surface area contributed by atoms with Crippen LogP contribution in [0.15, 0.2) is 23.1 Å². The molecular weight excluding hydrogens is 222 g/mol. The van der Waals surface area contributed by atoms with Crippen molar-refractivity contribution in [3.05, 3.63) is 23.2 Å². The fraction of sp³-hybridized carbons (Fsp3) is 0.222. The smallest absolute Gasteiger partial charge is 0.325 e. The molecule has 0 aromatic heterocycles. The number of carbonyl (C=O) groups is 1. The summed E-state index contributed by atoms with van der Waals surface area (Å²) in [5, 5.41) is 3.46. The minimum absolute atomic E-state index is 0.102. The average molecular weight is 232 g/mol. The van der Waals surface area contributed by atoms with Crippen LogP contribution in [0.4, 0.5) is 5.69 Å². The van der Waals surface area contributed by atoms with Crippen LogP contribution in [0.5, 0.6) is 0 Å². The standard InChI is InChI=1S/C9H10ClNO2S/c1-13-9(12)5-11-7-4-6(10)2-3-8(7)14/h2-4,11,14H,5H2,1H3. The third-order valence-electron chi connectivity index (χ3n) is 1.61. The number of methoxy groups -OCH3 is 1. The van der Waals surface area contributed by atoms with Gasteiger partial charge in [0.25, 0.3) is 0 Å². The van der Waals surface area contributed by atoms with Gasteiger partial charge < -0.3 is 10.1 Å². The fourth-order valence-electron chi connectivity index (χ4n) is 0.889. The summed E-state index contributed by atoms with van der Waals surface area (Å²) < 4.78 is 4.48. The maximum absolute atomic E-state index is 10.8. The van der Waals surface area contributed by atoms with Gasteiger partial charge in [-0.2, -0.15) is 0 Å². The topological polar surface area (TPSA) is 38.3 Å². The van der Waals surface area contributed by atoms with Crippen LogP contribution in [0.1, 0.15) is 0 Å². The number of thiol groups is 1. The number of ether oxygens (including phenoxy) is 1. The maximum atomic E-state index is 10.8. The lowest BCUT2D eigenvalue weighted by Crippen LogP contribution is -2.15. The highest BCUT2D eigenvalue weighted by atomic mass is 35.5. The quantitative estimate of drug-likeness (QED) is 0.619. The molecule has 3 nitrogen and oxygen atoms in total. The molecule has 0 saturated heterocycles. The van der Waals surface area contributed by atoms with Crippen molar-refractivity contribution < 1.29 is 9.53 Å². The molecule has 0 saturated carbocycles. The summed E-state index contributed by atoms with van der Waals surface area (Å²) >= 11 is 9.98. The Bertz CT molecular complexity index is 344. The molecule has 0 heterocycles. The van der Waals surface area contributed by atoms with Crippen LogP contribution in [0.3, 0.4) is 0 Å². The van der Waals surface area contributed by atoms with E-state index in [0.29, 0.717) is 10.7 Å². The van der Waals surface area contributed by atoms with Crippen LogP contribution >= 0.6 is 24.2 Å². The predicted molar refractivity (Wildman–Crippen MR) is 59.2 cm³/mol. The van der Waals surface area contributed by atoms with E-state index in [4.69, 9.17) is 11.6 Å². The van der Waals surface area contributed by atoms with Crippen molar-refractivity contribution in [3.63, 3.8) is 0 Å². The van der Waals surface area contributed by atoms with Crippen molar-refractivity contribution in [1.82, 2.24) is 0 Å². The largest absolute Gasteiger partial charge is 0.468 e. The van der Waals surface area contributed by atoms with E-state index in [1.807, 2.05) is 0 Å². The van der Waals surface area contributed by atoms with Crippen LogP contribution in [-0.4, -0.2) is 19.6 Å². The summed E-state index contributed by atoms with van der Waals surface area (Å²) in [6.07, 6.45) is 0. The van der Waals surface area contributed by atoms with Gasteiger partial charge in [-0.1, -0.05) is 11.6 Å². The van der Waals surface area contributed by atoms with Gasteiger partial charge in [0, 0.05) is 15.6 Å². The number of anilines is 1. The van der Waals surface area contributed by atoms with Crippen molar-refractivity contribution >= 4 is 35.9 Å². The normalized spacial score (nSPS) is 9.64. The molecule has 0 amide bonds. The van der Waals surface area contributed by atoms with Crippen molar-refractivity contribution in [2.45, 2.75) is 4.90 Å². The van der Waals surface area contributed by atoms with Crippen LogP contribution in [0.25, 0.3) is 0 Å². The van der Waals surface area contributed by atoms with Crippen molar-refractivity contribution in [3.8, 4) is 0 Å². The van der Waals surface area contributed by atoms with Crippen molar-refractivity contribution in [1.29, 1.82) is 0 Å². The van der Waals surface area contributed by atoms with Crippen LogP contribution in [-0.2, 0) is 9.53 Å². The van der Waals surface area contributed by atoms with Gasteiger partial charge in [-0.3, -0.25) is 4.79 Å². The second-order valence-electron chi connectivity index (χ2n) is 2.59. The SMILES string of the molecule is COC(=O)CNc1cc(Cl)ccc1S. The first-order chi connectivity index (χ1) is 6.63. The monoisotopic (exact) mass is 231 g/mol. The van der Waals surface area contributed by atoms with E-state index in [1.165, 1.54) is 7.11 Å². The Morgan fingerprint density at radius 3 is 3.00 bits per heavy atom. The second kappa shape index (κ2) is 5.12. The first kappa shape index (κ1) is 11.2. The van der Waals surface area contributed by atoms with Gasteiger partial charge in [0.1, 0.15) is 6.54 Å². The fourth-order valence-corrected chi connectivity index (χ4v) is 1.28. The number of rotatable bonds is 3. The summed E-state index contributed by atoms with van der Waals surface area (Å²) in [5.41, 5.74) is 0.714. The number of carbonyl (C=O) groups excluding carboxylic acids is 1. The zero-order chi connectivity index (χ0) is 10.6. The number of nitrogens with one attached hydrogen (secondary N) is 1. The minimum Gasteiger partial charge on any atom is -0.468 e. The molecule has 0 aliphatic heterocycles. The number of hydrogen-bond donors (Lipinski definition) is 2. The highest BCUT2D eigenvalue weighted by molar-refractivity contribution is 7.80. The molecule has 1 aromatic rings. The molecule has 1 N–H and O–H groups in total. The summed E-state index contributed by atoms with van der Waals surface area (Å²) in [4.78, 5) is 11.6. The van der Waals surface area contributed by atoms with E-state index in [2.05, 4.69) is 22.7 Å². The molecule has 1 rings (SSSR count). The minimum atomic E-state index is -0.335. The highest BCUT2D eigenvalue weighted by Gasteiger charge is 2.03. The number of esters is 1. The molecule has 0 bridgehead atoms. The molecule has 0 fully saturated rings. The first-order valence-electron chi connectivity index (χ1n) is 3.92. The molecule has 0 unspecified atom stereocenters. The van der Waals surface area contributed by atoms with Gasteiger partial charge >= 0.3 is 5.97 Å². The van der Waals surface area contributed by atoms with Gasteiger partial charge in [-0.25, -0.2) is 0 Å². The molecule has 0 spiro atoms. The lowest BCUT2D eigenvalue weighted by Gasteiger charge is -2.07. The molecule has 0 atom stereocenters. The number of benzene rings is 1. The van der Waals surface area contributed by atoms with Crippen LogP contribution < -0.4 is 5.32 Å². The van der Waals surface area contributed by atoms with E-state index >= 15 is 0 Å². The van der Waals surface area contributed by atoms with E-state index in [0.717, 1.165) is 4.90 Å². The lowest BCUT2D eigenvalue weighted by molar-refractivity contribution is -0.138. The van der Waals surface area contributed by atoms with E-state index in [9.17, 15) is 4.79 Å². The Balaban J connectivity index is 2.66. The second-order valence-corrected chi connectivity index (χ2v) is 3.51. The molecule has 0 aliphatic carbocycles. The molecular formula is C9H10ClNO2S.